The Labute approximate surface area is 214 Å². The van der Waals surface area contributed by atoms with E-state index in [1.54, 1.807) is 0 Å². The van der Waals surface area contributed by atoms with Crippen molar-refractivity contribution in [2.24, 2.45) is 4.76 Å². The fourth-order valence-electron chi connectivity index (χ4n) is 3.63. The monoisotopic (exact) mass is 511 g/mol. The van der Waals surface area contributed by atoms with Crippen LogP contribution in [0.5, 0.6) is 0 Å². The van der Waals surface area contributed by atoms with E-state index in [4.69, 9.17) is 4.98 Å². The molecule has 0 saturated carbocycles. The Hall–Kier alpha value is -3.93. The maximum atomic E-state index is 14.3. The highest BCUT2D eigenvalue weighted by atomic mass is 32.1. The van der Waals surface area contributed by atoms with Crippen LogP contribution in [0.25, 0.3) is 17.1 Å². The number of hydrogen-bond donors (Lipinski definition) is 2. The van der Waals surface area contributed by atoms with Gasteiger partial charge in [0.15, 0.2) is 5.82 Å². The summed E-state index contributed by atoms with van der Waals surface area (Å²) in [7, 11) is -3.55. The zero-order valence-electron chi connectivity index (χ0n) is 20.0. The van der Waals surface area contributed by atoms with Crippen LogP contribution in [0.1, 0.15) is 11.1 Å². The number of aryl methyl sites for hydroxylation is 2. The van der Waals surface area contributed by atoms with Crippen molar-refractivity contribution in [1.29, 1.82) is 0 Å². The zero-order valence-corrected chi connectivity index (χ0v) is 21.7. The van der Waals surface area contributed by atoms with E-state index in [0.717, 1.165) is 28.2 Å². The molecule has 36 heavy (non-hydrogen) atoms. The predicted molar refractivity (Wildman–Crippen MR) is 150 cm³/mol. The van der Waals surface area contributed by atoms with E-state index >= 15 is 0 Å². The summed E-state index contributed by atoms with van der Waals surface area (Å²) in [6.45, 7) is 4.03. The summed E-state index contributed by atoms with van der Waals surface area (Å²) < 4.78 is 20.9. The summed E-state index contributed by atoms with van der Waals surface area (Å²) in [5.74, 6) is 0.739. The third kappa shape index (κ3) is 5.65. The quantitative estimate of drug-likeness (QED) is 0.223. The number of nitrogens with zero attached hydrogens (tertiary/aromatic N) is 3. The molecule has 180 valence electrons. The number of nitrogens with one attached hydrogen (secondary N) is 2. The van der Waals surface area contributed by atoms with E-state index in [9.17, 15) is 4.57 Å². The smallest absolute Gasteiger partial charge is 0.303 e. The van der Waals surface area contributed by atoms with E-state index < -0.39 is 7.59 Å². The summed E-state index contributed by atoms with van der Waals surface area (Å²) in [6, 6.07) is 35.4. The minimum atomic E-state index is -3.55. The predicted octanol–water partition coefficient (Wildman–Crippen LogP) is 7.45. The molecule has 1 heterocycles. The molecule has 0 spiro atoms. The number of para-hydroxylation sites is 1. The average molecular weight is 512 g/mol. The van der Waals surface area contributed by atoms with Crippen LogP contribution in [0.2, 0.25) is 0 Å². The summed E-state index contributed by atoms with van der Waals surface area (Å²) in [5.41, 5.74) is 5.58. The lowest BCUT2D eigenvalue weighted by molar-refractivity contribution is 0.582. The van der Waals surface area contributed by atoms with Crippen LogP contribution in [-0.4, -0.2) is 8.94 Å². The van der Waals surface area contributed by atoms with Gasteiger partial charge in [0.2, 0.25) is 4.80 Å². The Bertz CT molecular complexity index is 1450. The lowest BCUT2D eigenvalue weighted by Crippen LogP contribution is -2.09. The van der Waals surface area contributed by atoms with Gasteiger partial charge in [-0.25, -0.2) is 8.52 Å². The molecule has 8 heteroatoms. The number of anilines is 2. The number of hydrogen-bond acceptors (Lipinski definition) is 3. The SMILES string of the molecule is Cc1ccc(NP(=O)(/N=c2\nc(-c3ccccc3)n(-c3ccccc3)s2)Nc2ccc(C)cc2)cc1. The number of aromatic nitrogens is 2. The van der Waals surface area contributed by atoms with Crippen molar-refractivity contribution in [3.8, 4) is 17.1 Å². The zero-order chi connectivity index (χ0) is 25.0. The van der Waals surface area contributed by atoms with Gasteiger partial charge in [0.25, 0.3) is 0 Å². The van der Waals surface area contributed by atoms with E-state index in [1.807, 2.05) is 127 Å². The van der Waals surface area contributed by atoms with Crippen LogP contribution in [-0.2, 0) is 4.57 Å². The van der Waals surface area contributed by atoms with Gasteiger partial charge in [-0.3, -0.25) is 0 Å². The van der Waals surface area contributed by atoms with E-state index in [1.165, 1.54) is 11.5 Å². The van der Waals surface area contributed by atoms with Gasteiger partial charge in [0.1, 0.15) is 0 Å². The Kier molecular flexibility index (Phi) is 6.85. The van der Waals surface area contributed by atoms with Gasteiger partial charge >= 0.3 is 7.59 Å². The standard InChI is InChI=1S/C28H26N5OPS/c1-21-13-17-24(18-14-21)30-35(34,31-25-19-15-22(2)16-20-25)32-28-29-27(23-9-5-3-6-10-23)33(36-28)26-11-7-4-8-12-26/h3-20H,1-2H3,(H2,30,31,34)/b32-28+. The summed E-state index contributed by atoms with van der Waals surface area (Å²) in [5, 5.41) is 6.28. The lowest BCUT2D eigenvalue weighted by atomic mass is 10.2. The molecule has 0 fully saturated rings. The minimum Gasteiger partial charge on any atom is -0.303 e. The van der Waals surface area contributed by atoms with Crippen molar-refractivity contribution in [1.82, 2.24) is 8.94 Å². The summed E-state index contributed by atoms with van der Waals surface area (Å²) in [6.07, 6.45) is 0. The van der Waals surface area contributed by atoms with Crippen LogP contribution in [0, 0.1) is 13.8 Å². The Morgan fingerprint density at radius 1 is 0.722 bits per heavy atom. The lowest BCUT2D eigenvalue weighted by Gasteiger charge is -2.18. The van der Waals surface area contributed by atoms with Crippen molar-refractivity contribution in [2.75, 3.05) is 10.2 Å². The van der Waals surface area contributed by atoms with Crippen LogP contribution < -0.4 is 15.0 Å². The molecule has 5 aromatic rings. The maximum absolute atomic E-state index is 14.3. The van der Waals surface area contributed by atoms with Crippen molar-refractivity contribution in [3.05, 3.63) is 125 Å². The molecular weight excluding hydrogens is 485 g/mol. The van der Waals surface area contributed by atoms with Gasteiger partial charge in [-0.05, 0) is 61.8 Å². The van der Waals surface area contributed by atoms with Gasteiger partial charge in [0, 0.05) is 16.9 Å². The Balaban J connectivity index is 1.62. The summed E-state index contributed by atoms with van der Waals surface area (Å²) in [4.78, 5) is 5.22. The van der Waals surface area contributed by atoms with Crippen molar-refractivity contribution in [3.63, 3.8) is 0 Å². The van der Waals surface area contributed by atoms with E-state index in [-0.39, 0.29) is 0 Å². The van der Waals surface area contributed by atoms with Gasteiger partial charge in [0.05, 0.1) is 5.69 Å². The first-order chi connectivity index (χ1) is 17.5. The first-order valence-electron chi connectivity index (χ1n) is 11.5. The maximum Gasteiger partial charge on any atom is 0.376 e. The third-order valence-corrected chi connectivity index (χ3v) is 8.12. The fourth-order valence-corrected chi connectivity index (χ4v) is 6.32. The average Bonchev–Trinajstić information content (AvgIpc) is 3.31. The van der Waals surface area contributed by atoms with Crippen molar-refractivity contribution >= 4 is 30.5 Å². The fraction of sp³-hybridized carbons (Fsp3) is 0.0714. The summed E-state index contributed by atoms with van der Waals surface area (Å²) >= 11 is 1.35. The van der Waals surface area contributed by atoms with Crippen LogP contribution in [0.4, 0.5) is 11.4 Å². The molecule has 0 unspecified atom stereocenters. The van der Waals surface area contributed by atoms with Crippen molar-refractivity contribution < 1.29 is 4.57 Å². The first-order valence-corrected chi connectivity index (χ1v) is 14.0. The molecule has 0 atom stereocenters. The Morgan fingerprint density at radius 2 is 1.22 bits per heavy atom. The number of rotatable bonds is 7. The molecule has 0 aliphatic carbocycles. The second-order valence-corrected chi connectivity index (χ2v) is 11.1. The molecular formula is C28H26N5OPS. The largest absolute Gasteiger partial charge is 0.376 e. The topological polar surface area (TPSA) is 71.3 Å². The number of benzene rings is 4. The van der Waals surface area contributed by atoms with Gasteiger partial charge in [-0.1, -0.05) is 83.9 Å². The molecule has 5 rings (SSSR count). The third-order valence-electron chi connectivity index (χ3n) is 5.48. The van der Waals surface area contributed by atoms with E-state index in [0.29, 0.717) is 16.2 Å². The molecule has 0 saturated heterocycles. The van der Waals surface area contributed by atoms with Gasteiger partial charge in [-0.15, -0.1) is 0 Å². The minimum absolute atomic E-state index is 0.403. The molecule has 0 bridgehead atoms. The molecule has 0 aliphatic heterocycles. The molecule has 1 aromatic heterocycles. The van der Waals surface area contributed by atoms with Crippen LogP contribution in [0.3, 0.4) is 0 Å². The molecule has 0 amide bonds. The second kappa shape index (κ2) is 10.4. The highest BCUT2D eigenvalue weighted by molar-refractivity contribution is 7.65. The molecule has 0 aliphatic rings. The molecule has 6 nitrogen and oxygen atoms in total. The Morgan fingerprint density at radius 3 is 1.75 bits per heavy atom. The normalized spacial score (nSPS) is 11.9. The highest BCUT2D eigenvalue weighted by Gasteiger charge is 2.23. The van der Waals surface area contributed by atoms with Crippen LogP contribution >= 0.6 is 19.1 Å². The molecule has 4 aromatic carbocycles. The highest BCUT2D eigenvalue weighted by Crippen LogP contribution is 2.46. The van der Waals surface area contributed by atoms with Crippen molar-refractivity contribution in [2.45, 2.75) is 13.8 Å². The molecule has 2 N–H and O–H groups in total. The first kappa shape index (κ1) is 23.8. The van der Waals surface area contributed by atoms with E-state index in [2.05, 4.69) is 14.9 Å². The van der Waals surface area contributed by atoms with Crippen LogP contribution in [0.15, 0.2) is 114 Å². The molecule has 0 radical (unpaired) electrons. The van der Waals surface area contributed by atoms with Gasteiger partial charge < -0.3 is 10.2 Å². The van der Waals surface area contributed by atoms with Gasteiger partial charge in [-0.2, -0.15) is 9.75 Å². The second-order valence-electron chi connectivity index (χ2n) is 8.44.